The highest BCUT2D eigenvalue weighted by molar-refractivity contribution is 5.70. The maximum absolute atomic E-state index is 10.9. The molecule has 28 heavy (non-hydrogen) atoms. The first-order valence-corrected chi connectivity index (χ1v) is 10.5. The molecule has 1 saturated carbocycles. The average Bonchev–Trinajstić information content (AvgIpc) is 3.17. The Balaban J connectivity index is 1.38. The lowest BCUT2D eigenvalue weighted by molar-refractivity contribution is 0.0796. The molecule has 6 rings (SSSR count). The fraction of sp³-hybridized carbons (Fsp3) is 0.478. The molecule has 2 fully saturated rings. The van der Waals surface area contributed by atoms with E-state index in [0.717, 1.165) is 41.8 Å². The van der Waals surface area contributed by atoms with Gasteiger partial charge in [-0.2, -0.15) is 0 Å². The van der Waals surface area contributed by atoms with Crippen molar-refractivity contribution in [3.63, 3.8) is 0 Å². The lowest BCUT2D eigenvalue weighted by Crippen LogP contribution is -2.59. The molecule has 1 saturated heterocycles. The molecule has 4 aliphatic rings. The highest BCUT2D eigenvalue weighted by Gasteiger charge is 2.51. The van der Waals surface area contributed by atoms with Crippen molar-refractivity contribution in [3.8, 4) is 17.2 Å². The van der Waals surface area contributed by atoms with E-state index < -0.39 is 0 Å². The highest BCUT2D eigenvalue weighted by atomic mass is 16.7. The Hall–Kier alpha value is -2.40. The Morgan fingerprint density at radius 1 is 1.07 bits per heavy atom. The topological polar surface area (TPSA) is 62.8 Å². The zero-order chi connectivity index (χ0) is 18.7. The van der Waals surface area contributed by atoms with Crippen LogP contribution in [0.1, 0.15) is 43.2 Å². The SMILES string of the molecule is Oc1cc2c(cc1Nc1ccc3c(c1)OCO3)C[C@@H]1NCC[C@]23CCCC[C@H]13. The molecule has 0 amide bonds. The van der Waals surface area contributed by atoms with E-state index in [1.165, 1.54) is 43.2 Å². The summed E-state index contributed by atoms with van der Waals surface area (Å²) in [5, 5.41) is 18.0. The minimum Gasteiger partial charge on any atom is -0.506 e. The third-order valence-corrected chi connectivity index (χ3v) is 7.41. The summed E-state index contributed by atoms with van der Waals surface area (Å²) in [5.41, 5.74) is 4.71. The average molecular weight is 378 g/mol. The van der Waals surface area contributed by atoms with E-state index >= 15 is 0 Å². The van der Waals surface area contributed by atoms with Crippen molar-refractivity contribution in [1.29, 1.82) is 0 Å². The van der Waals surface area contributed by atoms with Gasteiger partial charge in [-0.05, 0) is 73.5 Å². The number of hydrogen-bond acceptors (Lipinski definition) is 5. The molecule has 0 aromatic heterocycles. The Morgan fingerprint density at radius 3 is 2.96 bits per heavy atom. The summed E-state index contributed by atoms with van der Waals surface area (Å²) in [5.74, 6) is 2.56. The summed E-state index contributed by atoms with van der Waals surface area (Å²) in [4.78, 5) is 0. The number of benzene rings is 2. The number of hydrogen-bond donors (Lipinski definition) is 3. The number of rotatable bonds is 2. The van der Waals surface area contributed by atoms with Crippen molar-refractivity contribution >= 4 is 11.4 Å². The standard InChI is InChI=1S/C23H26N2O3/c26-20-12-17-14(9-18-16-3-1-2-6-23(16,17)7-8-24-18)10-19(20)25-15-4-5-21-22(11-15)28-13-27-21/h4-5,10-12,16,18,24-26H,1-3,6-9,13H2/t16-,18+,23+/m1/s1. The van der Waals surface area contributed by atoms with Crippen molar-refractivity contribution in [2.45, 2.75) is 50.0 Å². The first-order valence-electron chi connectivity index (χ1n) is 10.5. The van der Waals surface area contributed by atoms with Gasteiger partial charge in [0, 0.05) is 23.2 Å². The van der Waals surface area contributed by atoms with E-state index in [1.807, 2.05) is 18.2 Å². The van der Waals surface area contributed by atoms with E-state index in [0.29, 0.717) is 11.8 Å². The minimum atomic E-state index is 0.260. The van der Waals surface area contributed by atoms with Crippen LogP contribution in [0.25, 0.3) is 0 Å². The zero-order valence-corrected chi connectivity index (χ0v) is 16.0. The molecule has 0 unspecified atom stereocenters. The maximum atomic E-state index is 10.9. The van der Waals surface area contributed by atoms with Gasteiger partial charge >= 0.3 is 0 Å². The molecule has 5 nitrogen and oxygen atoms in total. The van der Waals surface area contributed by atoms with E-state index in [2.05, 4.69) is 22.8 Å². The fourth-order valence-corrected chi connectivity index (χ4v) is 6.20. The zero-order valence-electron chi connectivity index (χ0n) is 16.0. The quantitative estimate of drug-likeness (QED) is 0.684. The van der Waals surface area contributed by atoms with Crippen LogP contribution < -0.4 is 20.1 Å². The van der Waals surface area contributed by atoms with Crippen LogP contribution in [0.2, 0.25) is 0 Å². The predicted molar refractivity (Wildman–Crippen MR) is 108 cm³/mol. The highest BCUT2D eigenvalue weighted by Crippen LogP contribution is 2.55. The van der Waals surface area contributed by atoms with Crippen molar-refractivity contribution in [1.82, 2.24) is 5.32 Å². The number of anilines is 2. The fourth-order valence-electron chi connectivity index (χ4n) is 6.20. The van der Waals surface area contributed by atoms with Gasteiger partial charge in [0.15, 0.2) is 11.5 Å². The summed E-state index contributed by atoms with van der Waals surface area (Å²) in [7, 11) is 0. The minimum absolute atomic E-state index is 0.260. The van der Waals surface area contributed by atoms with Gasteiger partial charge in [-0.3, -0.25) is 0 Å². The molecule has 0 spiro atoms. The Morgan fingerprint density at radius 2 is 2.00 bits per heavy atom. The first-order chi connectivity index (χ1) is 13.7. The van der Waals surface area contributed by atoms with Crippen molar-refractivity contribution in [2.24, 2.45) is 5.92 Å². The number of phenolic OH excluding ortho intramolecular Hbond substituents is 1. The molecule has 5 heteroatoms. The lowest BCUT2D eigenvalue weighted by atomic mass is 9.53. The second-order valence-electron chi connectivity index (χ2n) is 8.74. The second kappa shape index (κ2) is 6.05. The van der Waals surface area contributed by atoms with Gasteiger partial charge in [-0.15, -0.1) is 0 Å². The molecule has 3 N–H and O–H groups in total. The molecule has 3 atom stereocenters. The molecular formula is C23H26N2O3. The van der Waals surface area contributed by atoms with Gasteiger partial charge in [0.25, 0.3) is 0 Å². The Kier molecular flexibility index (Phi) is 3.57. The van der Waals surface area contributed by atoms with Crippen LogP contribution in [0.15, 0.2) is 30.3 Å². The number of piperidine rings is 1. The molecule has 146 valence electrons. The van der Waals surface area contributed by atoms with E-state index in [4.69, 9.17) is 9.47 Å². The van der Waals surface area contributed by atoms with E-state index in [-0.39, 0.29) is 12.2 Å². The summed E-state index contributed by atoms with van der Waals surface area (Å²) >= 11 is 0. The van der Waals surface area contributed by atoms with Crippen LogP contribution in [0.5, 0.6) is 17.2 Å². The number of fused-ring (bicyclic) bond motifs is 2. The van der Waals surface area contributed by atoms with Gasteiger partial charge in [0.05, 0.1) is 5.69 Å². The molecule has 2 aromatic rings. The van der Waals surface area contributed by atoms with Crippen molar-refractivity contribution in [2.75, 3.05) is 18.7 Å². The van der Waals surface area contributed by atoms with Gasteiger partial charge in [0.1, 0.15) is 5.75 Å². The molecule has 2 aromatic carbocycles. The largest absolute Gasteiger partial charge is 0.506 e. The second-order valence-corrected chi connectivity index (χ2v) is 8.74. The van der Waals surface area contributed by atoms with Crippen LogP contribution in [0.4, 0.5) is 11.4 Å². The smallest absolute Gasteiger partial charge is 0.231 e. The van der Waals surface area contributed by atoms with Crippen LogP contribution in [-0.4, -0.2) is 24.5 Å². The summed E-state index contributed by atoms with van der Waals surface area (Å²) in [6.07, 6.45) is 7.47. The van der Waals surface area contributed by atoms with Gasteiger partial charge in [-0.25, -0.2) is 0 Å². The summed E-state index contributed by atoms with van der Waals surface area (Å²) < 4.78 is 10.9. The molecule has 0 radical (unpaired) electrons. The third-order valence-electron chi connectivity index (χ3n) is 7.41. The Labute approximate surface area is 165 Å². The lowest BCUT2D eigenvalue weighted by Gasteiger charge is -2.56. The first kappa shape index (κ1) is 16.5. The van der Waals surface area contributed by atoms with Gasteiger partial charge in [0.2, 0.25) is 6.79 Å². The van der Waals surface area contributed by atoms with Gasteiger partial charge in [-0.1, -0.05) is 12.8 Å². The molecule has 2 heterocycles. The third kappa shape index (κ3) is 2.35. The maximum Gasteiger partial charge on any atom is 0.231 e. The normalized spacial score (nSPS) is 29.7. The molecule has 2 aliphatic carbocycles. The number of nitrogens with one attached hydrogen (secondary N) is 2. The van der Waals surface area contributed by atoms with E-state index in [9.17, 15) is 5.11 Å². The molecule has 2 aliphatic heterocycles. The number of phenols is 1. The van der Waals surface area contributed by atoms with Crippen LogP contribution >= 0.6 is 0 Å². The molecule has 2 bridgehead atoms. The monoisotopic (exact) mass is 378 g/mol. The number of ether oxygens (including phenoxy) is 2. The number of aromatic hydroxyl groups is 1. The molecular weight excluding hydrogens is 352 g/mol. The van der Waals surface area contributed by atoms with Crippen molar-refractivity contribution < 1.29 is 14.6 Å². The van der Waals surface area contributed by atoms with Crippen LogP contribution in [-0.2, 0) is 11.8 Å². The summed E-state index contributed by atoms with van der Waals surface area (Å²) in [6.45, 7) is 1.36. The van der Waals surface area contributed by atoms with E-state index in [1.54, 1.807) is 0 Å². The van der Waals surface area contributed by atoms with Crippen LogP contribution in [0.3, 0.4) is 0 Å². The summed E-state index contributed by atoms with van der Waals surface area (Å²) in [6, 6.07) is 10.6. The van der Waals surface area contributed by atoms with Crippen LogP contribution in [0, 0.1) is 5.92 Å². The Bertz CT molecular complexity index is 940. The predicted octanol–water partition coefficient (Wildman–Crippen LogP) is 4.21. The van der Waals surface area contributed by atoms with Crippen molar-refractivity contribution in [3.05, 3.63) is 41.5 Å². The van der Waals surface area contributed by atoms with Gasteiger partial charge < -0.3 is 25.2 Å².